The molecule has 0 saturated carbocycles. The van der Waals surface area contributed by atoms with Crippen molar-refractivity contribution in [2.45, 2.75) is 46.1 Å². The Morgan fingerprint density at radius 2 is 2.06 bits per heavy atom. The van der Waals surface area contributed by atoms with Crippen LogP contribution in [0.4, 0.5) is 0 Å². The van der Waals surface area contributed by atoms with E-state index in [1.54, 1.807) is 0 Å². The predicted octanol–water partition coefficient (Wildman–Crippen LogP) is 2.08. The normalized spacial score (nSPS) is 10.9. The third kappa shape index (κ3) is 3.97. The van der Waals surface area contributed by atoms with E-state index in [0.29, 0.717) is 0 Å². The van der Waals surface area contributed by atoms with Gasteiger partial charge in [-0.3, -0.25) is 0 Å². The molecule has 0 aliphatic heterocycles. The summed E-state index contributed by atoms with van der Waals surface area (Å²) in [5, 5.41) is 0. The molecule has 0 N–H and O–H groups in total. The minimum absolute atomic E-state index is 0.821. The summed E-state index contributed by atoms with van der Waals surface area (Å²) in [5.41, 5.74) is 0. The van der Waals surface area contributed by atoms with Crippen molar-refractivity contribution in [3.8, 4) is 0 Å². The van der Waals surface area contributed by atoms with E-state index >= 15 is 0 Å². The van der Waals surface area contributed by atoms with Crippen LogP contribution in [0.5, 0.6) is 0 Å². The van der Waals surface area contributed by atoms with E-state index in [-0.39, 0.29) is 0 Å². The third-order valence-electron chi connectivity index (χ3n) is 2.79. The van der Waals surface area contributed by atoms with Crippen molar-refractivity contribution in [3.63, 3.8) is 0 Å². The van der Waals surface area contributed by atoms with Gasteiger partial charge < -0.3 is 4.74 Å². The summed E-state index contributed by atoms with van der Waals surface area (Å²) in [6.45, 7) is 7.04. The minimum Gasteiger partial charge on any atom is -0.377 e. The molecule has 0 atom stereocenters. The molecule has 0 aliphatic carbocycles. The molecule has 1 heterocycles. The second kappa shape index (κ2) is 7.44. The summed E-state index contributed by atoms with van der Waals surface area (Å²) in [7, 11) is 2.12. The molecule has 0 aliphatic rings. The van der Waals surface area contributed by atoms with Crippen LogP contribution in [-0.4, -0.2) is 17.8 Å². The van der Waals surface area contributed by atoms with Crippen molar-refractivity contribution < 1.29 is 9.30 Å². The Kier molecular flexibility index (Phi) is 6.16. The van der Waals surface area contributed by atoms with E-state index < -0.39 is 0 Å². The molecule has 0 unspecified atom stereocenters. The van der Waals surface area contributed by atoms with Crippen molar-refractivity contribution in [2.75, 3.05) is 13.2 Å². The zero-order valence-electron chi connectivity index (χ0n) is 10.9. The molecule has 1 rings (SSSR count). The van der Waals surface area contributed by atoms with Gasteiger partial charge in [-0.2, -0.15) is 0 Å². The Labute approximate surface area is 99.0 Å². The van der Waals surface area contributed by atoms with Gasteiger partial charge in [-0.1, -0.05) is 20.3 Å². The van der Waals surface area contributed by atoms with E-state index in [9.17, 15) is 0 Å². The molecule has 0 radical (unpaired) electrons. The third-order valence-corrected chi connectivity index (χ3v) is 2.79. The van der Waals surface area contributed by atoms with Crippen LogP contribution in [0.15, 0.2) is 12.4 Å². The topological polar surface area (TPSA) is 18.0 Å². The lowest BCUT2D eigenvalue weighted by Gasteiger charge is -2.03. The fourth-order valence-corrected chi connectivity index (χ4v) is 1.82. The Morgan fingerprint density at radius 3 is 2.75 bits per heavy atom. The molecule has 16 heavy (non-hydrogen) atoms. The molecule has 0 fully saturated rings. The van der Waals surface area contributed by atoms with E-state index in [1.807, 2.05) is 0 Å². The zero-order valence-corrected chi connectivity index (χ0v) is 10.9. The lowest BCUT2D eigenvalue weighted by molar-refractivity contribution is -0.678. The molecule has 0 amide bonds. The first-order valence-corrected chi connectivity index (χ1v) is 6.41. The number of nitrogens with zero attached hydrogens (tertiary/aromatic N) is 2. The molecule has 0 saturated heterocycles. The van der Waals surface area contributed by atoms with Gasteiger partial charge in [-0.05, 0) is 12.8 Å². The van der Waals surface area contributed by atoms with Crippen molar-refractivity contribution >= 4 is 0 Å². The first-order chi connectivity index (χ1) is 7.79. The average Bonchev–Trinajstić information content (AvgIpc) is 2.63. The van der Waals surface area contributed by atoms with Gasteiger partial charge >= 0.3 is 0 Å². The zero-order chi connectivity index (χ0) is 11.8. The summed E-state index contributed by atoms with van der Waals surface area (Å²) in [5.74, 6) is 1.40. The maximum Gasteiger partial charge on any atom is 0.256 e. The van der Waals surface area contributed by atoms with Gasteiger partial charge in [0, 0.05) is 13.0 Å². The number of unbranched alkanes of at least 4 members (excludes halogenated alkanes) is 1. The SMILES string of the molecule is CCCCc1n(CCOCCC)cc[n+]1C. The number of hydrogen-bond acceptors (Lipinski definition) is 1. The highest BCUT2D eigenvalue weighted by atomic mass is 16.5. The molecule has 1 aromatic heterocycles. The van der Waals surface area contributed by atoms with E-state index in [4.69, 9.17) is 4.74 Å². The lowest BCUT2D eigenvalue weighted by atomic mass is 10.2. The van der Waals surface area contributed by atoms with Crippen LogP contribution >= 0.6 is 0 Å². The van der Waals surface area contributed by atoms with Crippen molar-refractivity contribution in [1.29, 1.82) is 0 Å². The quantitative estimate of drug-likeness (QED) is 0.489. The van der Waals surface area contributed by atoms with Gasteiger partial charge in [-0.25, -0.2) is 9.13 Å². The van der Waals surface area contributed by atoms with Crippen LogP contribution in [0.1, 0.15) is 38.9 Å². The van der Waals surface area contributed by atoms with Crippen LogP contribution in [0.2, 0.25) is 0 Å². The standard InChI is InChI=1S/C13H25N2O/c1-4-6-7-13-14(3)8-9-15(13)10-12-16-11-5-2/h8-9H,4-7,10-12H2,1-3H3/q+1. The molecule has 3 nitrogen and oxygen atoms in total. The van der Waals surface area contributed by atoms with E-state index in [0.717, 1.165) is 32.6 Å². The molecule has 3 heteroatoms. The van der Waals surface area contributed by atoms with Gasteiger partial charge in [0.1, 0.15) is 18.9 Å². The fourth-order valence-electron chi connectivity index (χ4n) is 1.82. The Morgan fingerprint density at radius 1 is 1.25 bits per heavy atom. The fraction of sp³-hybridized carbons (Fsp3) is 0.769. The van der Waals surface area contributed by atoms with Gasteiger partial charge in [0.2, 0.25) is 0 Å². The lowest BCUT2D eigenvalue weighted by Crippen LogP contribution is -2.32. The van der Waals surface area contributed by atoms with Crippen LogP contribution < -0.4 is 4.57 Å². The molecular weight excluding hydrogens is 200 g/mol. The van der Waals surface area contributed by atoms with E-state index in [1.165, 1.54) is 18.7 Å². The maximum atomic E-state index is 5.53. The number of aromatic nitrogens is 2. The number of hydrogen-bond donors (Lipinski definition) is 0. The van der Waals surface area contributed by atoms with Crippen LogP contribution in [0, 0.1) is 0 Å². The monoisotopic (exact) mass is 225 g/mol. The molecule has 92 valence electrons. The maximum absolute atomic E-state index is 5.53. The summed E-state index contributed by atoms with van der Waals surface area (Å²) in [6.07, 6.45) is 9.05. The van der Waals surface area contributed by atoms with Crippen molar-refractivity contribution in [2.24, 2.45) is 7.05 Å². The number of imidazole rings is 1. The Balaban J connectivity index is 2.44. The minimum atomic E-state index is 0.821. The van der Waals surface area contributed by atoms with Crippen LogP contribution in [-0.2, 0) is 24.8 Å². The average molecular weight is 225 g/mol. The highest BCUT2D eigenvalue weighted by Gasteiger charge is 2.12. The predicted molar refractivity (Wildman–Crippen MR) is 65.3 cm³/mol. The van der Waals surface area contributed by atoms with Crippen LogP contribution in [0.25, 0.3) is 0 Å². The van der Waals surface area contributed by atoms with Gasteiger partial charge in [0.15, 0.2) is 0 Å². The molecule has 0 spiro atoms. The van der Waals surface area contributed by atoms with E-state index in [2.05, 4.69) is 42.4 Å². The second-order valence-electron chi connectivity index (χ2n) is 4.23. The first kappa shape index (κ1) is 13.2. The summed E-state index contributed by atoms with van der Waals surface area (Å²) < 4.78 is 10.1. The summed E-state index contributed by atoms with van der Waals surface area (Å²) in [4.78, 5) is 0. The molecule has 1 aromatic rings. The van der Waals surface area contributed by atoms with Crippen molar-refractivity contribution in [3.05, 3.63) is 18.2 Å². The summed E-state index contributed by atoms with van der Waals surface area (Å²) in [6, 6.07) is 0. The second-order valence-corrected chi connectivity index (χ2v) is 4.23. The number of aryl methyl sites for hydroxylation is 1. The van der Waals surface area contributed by atoms with Gasteiger partial charge in [-0.15, -0.1) is 0 Å². The largest absolute Gasteiger partial charge is 0.377 e. The van der Waals surface area contributed by atoms with Gasteiger partial charge in [0.05, 0.1) is 13.7 Å². The molecular formula is C13H25N2O+. The Hall–Kier alpha value is -0.830. The van der Waals surface area contributed by atoms with Crippen molar-refractivity contribution in [1.82, 2.24) is 4.57 Å². The number of rotatable bonds is 8. The van der Waals surface area contributed by atoms with Crippen LogP contribution in [0.3, 0.4) is 0 Å². The highest BCUT2D eigenvalue weighted by molar-refractivity contribution is 4.83. The molecule has 0 aromatic carbocycles. The highest BCUT2D eigenvalue weighted by Crippen LogP contribution is 2.01. The summed E-state index contributed by atoms with van der Waals surface area (Å²) >= 11 is 0. The number of ether oxygens (including phenoxy) is 1. The van der Waals surface area contributed by atoms with Gasteiger partial charge in [0.25, 0.3) is 5.82 Å². The first-order valence-electron chi connectivity index (χ1n) is 6.41. The molecule has 0 bridgehead atoms. The Bertz CT molecular complexity index is 294. The smallest absolute Gasteiger partial charge is 0.256 e.